The fraction of sp³-hybridized carbons (Fsp3) is 0.511. The second-order valence-corrected chi connectivity index (χ2v) is 17.7. The molecule has 7 amide bonds. The van der Waals surface area contributed by atoms with Crippen molar-refractivity contribution in [2.24, 2.45) is 5.73 Å². The smallest absolute Gasteiger partial charge is 0.320 e. The maximum atomic E-state index is 13.4. The molecule has 2 aromatic carbocycles. The number of piperidine rings is 2. The zero-order chi connectivity index (χ0) is 44.5. The van der Waals surface area contributed by atoms with E-state index in [1.54, 1.807) is 16.0 Å². The molecule has 6 aliphatic heterocycles. The standard InChI is InChI=1S/C45H57N13O6.H2/c1-51-16-25-57(45(51)64)33-5-3-14-56(27-33)37-26-47-40(41(46)61)42(49-37)48-31-7-9-32(10-8-31)54-21-23-55(24-22-54)39(60)29-53-19-17-52(18-20-53)15-13-30-4-2-6-34-35(30)28-58(44(34)63)36-11-12-38(59)50-43(36)62;/h2,4,6-10,26,33,36H,3,5,11-25,27-29H2,1H3,(H2,46,61)(H,48,49)(H,50,59,62);1H/t33-,36?;/m1./s1. The van der Waals surface area contributed by atoms with Gasteiger partial charge in [0.2, 0.25) is 17.7 Å². The minimum absolute atomic E-state index is 0. The van der Waals surface area contributed by atoms with Crippen molar-refractivity contribution in [1.82, 2.24) is 44.7 Å². The van der Waals surface area contributed by atoms with Crippen molar-refractivity contribution in [3.05, 3.63) is 71.0 Å². The molecule has 4 N–H and O–H groups in total. The molecule has 0 spiro atoms. The number of nitrogens with zero attached hydrogens (tertiary/aromatic N) is 10. The lowest BCUT2D eigenvalue weighted by Crippen LogP contribution is -2.54. The first-order chi connectivity index (χ1) is 31.0. The van der Waals surface area contributed by atoms with E-state index in [-0.39, 0.29) is 49.2 Å². The molecule has 5 fully saturated rings. The summed E-state index contributed by atoms with van der Waals surface area (Å²) < 4.78 is 0. The van der Waals surface area contributed by atoms with Crippen molar-refractivity contribution >= 4 is 58.6 Å². The molecule has 1 aromatic heterocycles. The molecule has 19 nitrogen and oxygen atoms in total. The summed E-state index contributed by atoms with van der Waals surface area (Å²) in [4.78, 5) is 101. The summed E-state index contributed by atoms with van der Waals surface area (Å²) in [5, 5.41) is 5.64. The molecule has 0 aliphatic carbocycles. The van der Waals surface area contributed by atoms with Gasteiger partial charge >= 0.3 is 6.03 Å². The van der Waals surface area contributed by atoms with Gasteiger partial charge in [-0.25, -0.2) is 14.8 Å². The van der Waals surface area contributed by atoms with Crippen LogP contribution in [0.25, 0.3) is 0 Å². The van der Waals surface area contributed by atoms with Crippen LogP contribution in [0.4, 0.5) is 27.8 Å². The van der Waals surface area contributed by atoms with Gasteiger partial charge in [-0.05, 0) is 67.1 Å². The highest BCUT2D eigenvalue weighted by Gasteiger charge is 2.40. The number of likely N-dealkylation sites (N-methyl/N-ethyl adjacent to an activating group) is 1. The van der Waals surface area contributed by atoms with Crippen LogP contribution in [0.1, 0.15) is 59.1 Å². The Morgan fingerprint density at radius 3 is 2.34 bits per heavy atom. The summed E-state index contributed by atoms with van der Waals surface area (Å²) in [5.74, 6) is -0.487. The average Bonchev–Trinajstić information content (AvgIpc) is 3.83. The largest absolute Gasteiger partial charge is 0.368 e. The third kappa shape index (κ3) is 9.04. The van der Waals surface area contributed by atoms with E-state index in [0.717, 1.165) is 87.6 Å². The van der Waals surface area contributed by atoms with Gasteiger partial charge in [0.1, 0.15) is 11.9 Å². The number of nitrogens with one attached hydrogen (secondary N) is 2. The second kappa shape index (κ2) is 18.4. The van der Waals surface area contributed by atoms with Crippen LogP contribution in [0.15, 0.2) is 48.7 Å². The lowest BCUT2D eigenvalue weighted by atomic mass is 10.0. The SMILES string of the molecule is CN1CCN([C@@H]2CCCN(c3cnc(C(N)=O)c(Nc4ccc(N5CCN(C(=O)CN6CCN(CCc7cccc8c7CN(C7CCC(=O)NC7=O)C8=O)CC6)CC5)cc4)n3)C2)C1=O.[HH]. The number of hydrogen-bond donors (Lipinski definition) is 3. The van der Waals surface area contributed by atoms with Crippen LogP contribution in [0.3, 0.4) is 0 Å². The molecule has 9 rings (SSSR count). The summed E-state index contributed by atoms with van der Waals surface area (Å²) in [5.41, 5.74) is 10.2. The van der Waals surface area contributed by atoms with E-state index in [1.807, 2.05) is 53.2 Å². The molecule has 0 bridgehead atoms. The summed E-state index contributed by atoms with van der Waals surface area (Å²) in [6.45, 7) is 10.4. The number of anilines is 4. The van der Waals surface area contributed by atoms with Gasteiger partial charge in [-0.3, -0.25) is 34.2 Å². The molecule has 64 heavy (non-hydrogen) atoms. The van der Waals surface area contributed by atoms with Crippen molar-refractivity contribution in [3.8, 4) is 0 Å². The molecule has 7 heterocycles. The average molecular weight is 878 g/mol. The number of primary amides is 1. The van der Waals surface area contributed by atoms with Crippen molar-refractivity contribution in [3.63, 3.8) is 0 Å². The fourth-order valence-corrected chi connectivity index (χ4v) is 9.96. The third-order valence-electron chi connectivity index (χ3n) is 13.7. The number of carbonyl (C=O) groups is 6. The zero-order valence-corrected chi connectivity index (χ0v) is 36.4. The Morgan fingerprint density at radius 1 is 0.859 bits per heavy atom. The van der Waals surface area contributed by atoms with Crippen LogP contribution < -0.4 is 26.2 Å². The molecular weight excluding hydrogens is 819 g/mol. The van der Waals surface area contributed by atoms with E-state index in [0.29, 0.717) is 70.2 Å². The second-order valence-electron chi connectivity index (χ2n) is 17.7. The third-order valence-corrected chi connectivity index (χ3v) is 13.7. The summed E-state index contributed by atoms with van der Waals surface area (Å²) in [6.07, 6.45) is 4.77. The van der Waals surface area contributed by atoms with E-state index in [4.69, 9.17) is 10.7 Å². The normalized spacial score (nSPS) is 22.3. The Balaban J connectivity index is 0.00000576. The Labute approximate surface area is 374 Å². The minimum Gasteiger partial charge on any atom is -0.368 e. The van der Waals surface area contributed by atoms with Crippen molar-refractivity contribution < 1.29 is 30.2 Å². The predicted molar refractivity (Wildman–Crippen MR) is 240 cm³/mol. The van der Waals surface area contributed by atoms with Crippen LogP contribution >= 0.6 is 0 Å². The quantitative estimate of drug-likeness (QED) is 0.219. The van der Waals surface area contributed by atoms with E-state index in [2.05, 4.69) is 41.3 Å². The molecule has 19 heteroatoms. The van der Waals surface area contributed by atoms with E-state index in [9.17, 15) is 28.8 Å². The molecule has 1 unspecified atom stereocenters. The number of piperazine rings is 2. The van der Waals surface area contributed by atoms with Crippen LogP contribution in [0.2, 0.25) is 0 Å². The molecule has 2 atom stereocenters. The lowest BCUT2D eigenvalue weighted by molar-refractivity contribution is -0.137. The Kier molecular flexibility index (Phi) is 12.3. The van der Waals surface area contributed by atoms with Crippen LogP contribution in [0.5, 0.6) is 0 Å². The Morgan fingerprint density at radius 2 is 1.62 bits per heavy atom. The Hall–Kier alpha value is -6.34. The van der Waals surface area contributed by atoms with Crippen molar-refractivity contribution in [2.45, 2.75) is 50.7 Å². The molecule has 3 aromatic rings. The van der Waals surface area contributed by atoms with Gasteiger partial charge < -0.3 is 45.3 Å². The molecule has 6 aliphatic rings. The molecule has 5 saturated heterocycles. The number of urea groups is 1. The number of rotatable bonds is 12. The van der Waals surface area contributed by atoms with Gasteiger partial charge in [0, 0.05) is 123 Å². The lowest BCUT2D eigenvalue weighted by Gasteiger charge is -2.38. The zero-order valence-electron chi connectivity index (χ0n) is 36.4. The molecule has 0 saturated carbocycles. The maximum absolute atomic E-state index is 13.4. The minimum atomic E-state index is -0.680. The highest BCUT2D eigenvalue weighted by atomic mass is 16.2. The van der Waals surface area contributed by atoms with Crippen LogP contribution in [-0.2, 0) is 27.3 Å². The monoisotopic (exact) mass is 877 g/mol. The topological polar surface area (TPSA) is 204 Å². The number of imide groups is 1. The highest BCUT2D eigenvalue weighted by molar-refractivity contribution is 6.05. The predicted octanol–water partition coefficient (Wildman–Crippen LogP) is 1.17. The maximum Gasteiger partial charge on any atom is 0.320 e. The first kappa shape index (κ1) is 42.9. The fourth-order valence-electron chi connectivity index (χ4n) is 9.96. The van der Waals surface area contributed by atoms with E-state index in [1.165, 1.54) is 0 Å². The van der Waals surface area contributed by atoms with Crippen molar-refractivity contribution in [2.75, 3.05) is 114 Å². The first-order valence-electron chi connectivity index (χ1n) is 22.5. The number of benzene rings is 2. The van der Waals surface area contributed by atoms with Gasteiger partial charge in [-0.2, -0.15) is 0 Å². The molecular formula is C45H59N13O6. The number of nitrogens with two attached hydrogens (primary N) is 1. The number of hydrogen-bond acceptors (Lipinski definition) is 13. The van der Waals surface area contributed by atoms with Gasteiger partial charge in [0.15, 0.2) is 11.5 Å². The number of carbonyl (C=O) groups excluding carboxylic acids is 6. The molecule has 340 valence electrons. The number of fused-ring (bicyclic) bond motifs is 1. The van der Waals surface area contributed by atoms with Gasteiger partial charge in [-0.15, -0.1) is 0 Å². The first-order valence-corrected chi connectivity index (χ1v) is 22.5. The van der Waals surface area contributed by atoms with Crippen molar-refractivity contribution in [1.29, 1.82) is 0 Å². The summed E-state index contributed by atoms with van der Waals surface area (Å²) in [7, 11) is 1.83. The van der Waals surface area contributed by atoms with Gasteiger partial charge in [-0.1, -0.05) is 12.1 Å². The van der Waals surface area contributed by atoms with Gasteiger partial charge in [0.05, 0.1) is 18.8 Å². The molecule has 0 radical (unpaired) electrons. The van der Waals surface area contributed by atoms with Crippen LogP contribution in [-0.4, -0.2) is 186 Å². The van der Waals surface area contributed by atoms with E-state index < -0.39 is 17.9 Å². The van der Waals surface area contributed by atoms with Gasteiger partial charge in [0.25, 0.3) is 11.8 Å². The number of aromatic nitrogens is 2. The summed E-state index contributed by atoms with van der Waals surface area (Å²) >= 11 is 0. The number of amides is 7. The van der Waals surface area contributed by atoms with E-state index >= 15 is 0 Å². The Bertz CT molecular complexity index is 2300. The van der Waals surface area contributed by atoms with Crippen LogP contribution in [0, 0.1) is 0 Å². The summed E-state index contributed by atoms with van der Waals surface area (Å²) in [6, 6.07) is 13.2. The highest BCUT2D eigenvalue weighted by Crippen LogP contribution is 2.31.